The summed E-state index contributed by atoms with van der Waals surface area (Å²) < 4.78 is 10.1. The lowest BCUT2D eigenvalue weighted by Gasteiger charge is -2.35. The van der Waals surface area contributed by atoms with Gasteiger partial charge in [-0.2, -0.15) is 0 Å². The minimum atomic E-state index is -0.737. The molecule has 3 rings (SSSR count). The van der Waals surface area contributed by atoms with Gasteiger partial charge in [-0.1, -0.05) is 30.3 Å². The fourth-order valence-corrected chi connectivity index (χ4v) is 3.71. The summed E-state index contributed by atoms with van der Waals surface area (Å²) in [6.07, 6.45) is 0. The number of esters is 1. The van der Waals surface area contributed by atoms with E-state index in [1.165, 1.54) is 19.2 Å². The van der Waals surface area contributed by atoms with Crippen LogP contribution in [0.2, 0.25) is 0 Å². The lowest BCUT2D eigenvalue weighted by molar-refractivity contribution is -0.384. The van der Waals surface area contributed by atoms with E-state index < -0.39 is 10.9 Å². The highest BCUT2D eigenvalue weighted by molar-refractivity contribution is 5.99. The Morgan fingerprint density at radius 1 is 1.16 bits per heavy atom. The normalized spacial score (nSPS) is 15.1. The second-order valence-electron chi connectivity index (χ2n) is 7.70. The van der Waals surface area contributed by atoms with Crippen LogP contribution in [0.3, 0.4) is 0 Å². The Kier molecular flexibility index (Phi) is 7.91. The van der Waals surface area contributed by atoms with Crippen LogP contribution in [-0.4, -0.2) is 72.6 Å². The summed E-state index contributed by atoms with van der Waals surface area (Å²) in [4.78, 5) is 40.3. The van der Waals surface area contributed by atoms with Gasteiger partial charge in [-0.15, -0.1) is 0 Å². The van der Waals surface area contributed by atoms with Crippen LogP contribution in [-0.2, 0) is 16.0 Å². The number of nitro benzene ring substituents is 1. The van der Waals surface area contributed by atoms with Crippen molar-refractivity contribution in [3.05, 3.63) is 75.3 Å². The topological polar surface area (TPSA) is 102 Å². The van der Waals surface area contributed by atoms with Crippen molar-refractivity contribution in [2.75, 3.05) is 40.0 Å². The van der Waals surface area contributed by atoms with Crippen LogP contribution in [0.25, 0.3) is 0 Å². The maximum atomic E-state index is 13.6. The molecule has 2 aromatic carbocycles. The summed E-state index contributed by atoms with van der Waals surface area (Å²) in [5.74, 6) is -1.12. The van der Waals surface area contributed by atoms with Gasteiger partial charge in [-0.3, -0.25) is 19.8 Å². The molecule has 1 aliphatic heterocycles. The van der Waals surface area contributed by atoms with Crippen LogP contribution in [0.4, 0.5) is 5.69 Å². The average molecular weight is 441 g/mol. The zero-order valence-corrected chi connectivity index (χ0v) is 18.2. The molecule has 1 saturated heterocycles. The van der Waals surface area contributed by atoms with Crippen LogP contribution in [0, 0.1) is 10.1 Å². The Hall–Kier alpha value is -3.30. The summed E-state index contributed by atoms with van der Waals surface area (Å²) in [5, 5.41) is 11.4. The fraction of sp³-hybridized carbons (Fsp3) is 0.391. The average Bonchev–Trinajstić information content (AvgIpc) is 2.82. The van der Waals surface area contributed by atoms with Crippen LogP contribution in [0.15, 0.2) is 48.5 Å². The molecule has 170 valence electrons. The molecule has 1 heterocycles. The van der Waals surface area contributed by atoms with E-state index in [0.29, 0.717) is 26.3 Å². The van der Waals surface area contributed by atoms with Crippen molar-refractivity contribution >= 4 is 17.6 Å². The number of amides is 1. The number of ether oxygens (including phenoxy) is 2. The van der Waals surface area contributed by atoms with Crippen LogP contribution < -0.4 is 0 Å². The monoisotopic (exact) mass is 441 g/mol. The number of carbonyl (C=O) groups excluding carboxylic acids is 2. The quantitative estimate of drug-likeness (QED) is 0.353. The van der Waals surface area contributed by atoms with Crippen LogP contribution in [0.1, 0.15) is 33.2 Å². The lowest BCUT2D eigenvalue weighted by Crippen LogP contribution is -2.48. The first-order valence-electron chi connectivity index (χ1n) is 10.4. The number of nitrogens with zero attached hydrogens (tertiary/aromatic N) is 3. The first-order chi connectivity index (χ1) is 15.4. The Morgan fingerprint density at radius 3 is 2.44 bits per heavy atom. The molecule has 0 bridgehead atoms. The number of morpholine rings is 1. The van der Waals surface area contributed by atoms with E-state index in [-0.39, 0.29) is 28.8 Å². The van der Waals surface area contributed by atoms with Crippen molar-refractivity contribution in [3.63, 3.8) is 0 Å². The molecule has 1 fully saturated rings. The Morgan fingerprint density at radius 2 is 1.81 bits per heavy atom. The summed E-state index contributed by atoms with van der Waals surface area (Å²) >= 11 is 0. The van der Waals surface area contributed by atoms with Gasteiger partial charge < -0.3 is 14.4 Å². The predicted molar refractivity (Wildman–Crippen MR) is 117 cm³/mol. The molecule has 9 heteroatoms. The third kappa shape index (κ3) is 5.89. The first-order valence-corrected chi connectivity index (χ1v) is 10.4. The van der Waals surface area contributed by atoms with Gasteiger partial charge in [-0.25, -0.2) is 4.79 Å². The van der Waals surface area contributed by atoms with Crippen molar-refractivity contribution in [3.8, 4) is 0 Å². The second kappa shape index (κ2) is 10.8. The molecule has 32 heavy (non-hydrogen) atoms. The van der Waals surface area contributed by atoms with Crippen molar-refractivity contribution in [2.45, 2.75) is 19.5 Å². The first kappa shape index (κ1) is 23.4. The maximum Gasteiger partial charge on any atom is 0.338 e. The zero-order valence-electron chi connectivity index (χ0n) is 18.2. The number of benzene rings is 2. The molecule has 0 aromatic heterocycles. The van der Waals surface area contributed by atoms with E-state index in [4.69, 9.17) is 9.47 Å². The molecule has 1 unspecified atom stereocenters. The molecular formula is C23H27N3O6. The molecule has 1 atom stereocenters. The SMILES string of the molecule is COC(=O)c1cc(C(=O)N(Cc2ccccc2)C(C)CN2CCOCC2)cc([N+](=O)[O-])c1. The van der Waals surface area contributed by atoms with Gasteiger partial charge >= 0.3 is 5.97 Å². The Balaban J connectivity index is 1.93. The third-order valence-electron chi connectivity index (χ3n) is 5.41. The van der Waals surface area contributed by atoms with E-state index in [1.807, 2.05) is 37.3 Å². The van der Waals surface area contributed by atoms with E-state index in [9.17, 15) is 19.7 Å². The van der Waals surface area contributed by atoms with Crippen molar-refractivity contribution in [1.29, 1.82) is 0 Å². The highest BCUT2D eigenvalue weighted by Crippen LogP contribution is 2.22. The molecule has 1 amide bonds. The van der Waals surface area contributed by atoms with E-state index in [2.05, 4.69) is 4.90 Å². The van der Waals surface area contributed by atoms with Gasteiger partial charge in [0.05, 0.1) is 30.8 Å². The van der Waals surface area contributed by atoms with E-state index in [1.54, 1.807) is 4.90 Å². The number of nitro groups is 1. The Bertz CT molecular complexity index is 959. The second-order valence-corrected chi connectivity index (χ2v) is 7.70. The van der Waals surface area contributed by atoms with Gasteiger partial charge in [-0.05, 0) is 18.6 Å². The fourth-order valence-electron chi connectivity index (χ4n) is 3.71. The predicted octanol–water partition coefficient (Wildman–Crippen LogP) is 2.74. The largest absolute Gasteiger partial charge is 0.465 e. The van der Waals surface area contributed by atoms with Gasteiger partial charge in [0.15, 0.2) is 0 Å². The van der Waals surface area contributed by atoms with E-state index >= 15 is 0 Å². The summed E-state index contributed by atoms with van der Waals surface area (Å²) in [5.41, 5.74) is 0.639. The highest BCUT2D eigenvalue weighted by Gasteiger charge is 2.27. The lowest BCUT2D eigenvalue weighted by atomic mass is 10.1. The number of hydrogen-bond donors (Lipinski definition) is 0. The molecule has 0 N–H and O–H groups in total. The van der Waals surface area contributed by atoms with Crippen LogP contribution >= 0.6 is 0 Å². The standard InChI is InChI=1S/C23H27N3O6/c1-17(15-24-8-10-32-11-9-24)25(16-18-6-4-3-5-7-18)22(27)19-12-20(23(28)31-2)14-21(13-19)26(29)30/h3-7,12-14,17H,8-11,15-16H2,1-2H3. The molecular weight excluding hydrogens is 414 g/mol. The highest BCUT2D eigenvalue weighted by atomic mass is 16.6. The van der Waals surface area contributed by atoms with Crippen molar-refractivity contribution in [2.24, 2.45) is 0 Å². The minimum Gasteiger partial charge on any atom is -0.465 e. The van der Waals surface area contributed by atoms with Gasteiger partial charge in [0.2, 0.25) is 0 Å². The zero-order chi connectivity index (χ0) is 23.1. The number of non-ortho nitro benzene ring substituents is 1. The summed E-state index contributed by atoms with van der Waals surface area (Å²) in [7, 11) is 1.19. The van der Waals surface area contributed by atoms with Crippen molar-refractivity contribution in [1.82, 2.24) is 9.80 Å². The molecule has 0 radical (unpaired) electrons. The molecule has 1 aliphatic rings. The number of carbonyl (C=O) groups is 2. The number of methoxy groups -OCH3 is 1. The summed E-state index contributed by atoms with van der Waals surface area (Å²) in [6.45, 7) is 5.78. The molecule has 2 aromatic rings. The van der Waals surface area contributed by atoms with Gasteiger partial charge in [0.1, 0.15) is 0 Å². The van der Waals surface area contributed by atoms with Gasteiger partial charge in [0.25, 0.3) is 11.6 Å². The van der Waals surface area contributed by atoms with Crippen molar-refractivity contribution < 1.29 is 24.0 Å². The number of rotatable bonds is 8. The molecule has 9 nitrogen and oxygen atoms in total. The third-order valence-corrected chi connectivity index (χ3v) is 5.41. The minimum absolute atomic E-state index is 0.0365. The Labute approximate surface area is 186 Å². The summed E-state index contributed by atoms with van der Waals surface area (Å²) in [6, 6.07) is 13.0. The number of hydrogen-bond acceptors (Lipinski definition) is 7. The van der Waals surface area contributed by atoms with Crippen LogP contribution in [0.5, 0.6) is 0 Å². The molecule has 0 aliphatic carbocycles. The molecule has 0 spiro atoms. The smallest absolute Gasteiger partial charge is 0.338 e. The molecule has 0 saturated carbocycles. The maximum absolute atomic E-state index is 13.6. The van der Waals surface area contributed by atoms with E-state index in [0.717, 1.165) is 24.7 Å². The van der Waals surface area contributed by atoms with Gasteiger partial charge in [0, 0.05) is 49.9 Å².